The van der Waals surface area contributed by atoms with Gasteiger partial charge in [-0.1, -0.05) is 49.0 Å². The van der Waals surface area contributed by atoms with E-state index in [1.54, 1.807) is 30.3 Å². The lowest BCUT2D eigenvalue weighted by atomic mass is 10.2. The Hall–Kier alpha value is -1.85. The molecule has 0 saturated heterocycles. The van der Waals surface area contributed by atoms with Crippen LogP contribution in [0.3, 0.4) is 0 Å². The van der Waals surface area contributed by atoms with E-state index in [4.69, 9.17) is 23.2 Å². The maximum atomic E-state index is 12.2. The second-order valence-electron chi connectivity index (χ2n) is 4.99. The van der Waals surface area contributed by atoms with Crippen LogP contribution in [0.4, 0.5) is 11.5 Å². The van der Waals surface area contributed by atoms with E-state index in [1.807, 2.05) is 0 Å². The van der Waals surface area contributed by atoms with E-state index < -0.39 is 5.91 Å². The molecule has 2 aromatic rings. The summed E-state index contributed by atoms with van der Waals surface area (Å²) in [7, 11) is 0. The van der Waals surface area contributed by atoms with Crippen molar-refractivity contribution in [3.05, 3.63) is 46.1 Å². The fourth-order valence-corrected chi connectivity index (χ4v) is 2.43. The standard InChI is InChI=1S/C16H18Cl2N4O/c1-2-3-4-10-19-14-9-8-13(21-22-14)16(23)20-15-11(17)6-5-7-12(15)18/h5-9H,2-4,10H2,1H3,(H,19,22)(H,20,23). The molecule has 2 N–H and O–H groups in total. The first kappa shape index (κ1) is 17.5. The fourth-order valence-electron chi connectivity index (χ4n) is 1.93. The van der Waals surface area contributed by atoms with E-state index >= 15 is 0 Å². The van der Waals surface area contributed by atoms with Gasteiger partial charge in [-0.25, -0.2) is 0 Å². The molecule has 0 bridgehead atoms. The highest BCUT2D eigenvalue weighted by molar-refractivity contribution is 6.39. The third kappa shape index (κ3) is 5.08. The van der Waals surface area contributed by atoms with E-state index in [-0.39, 0.29) is 5.69 Å². The second kappa shape index (κ2) is 8.70. The van der Waals surface area contributed by atoms with E-state index in [9.17, 15) is 4.79 Å². The number of nitrogens with one attached hydrogen (secondary N) is 2. The molecule has 5 nitrogen and oxygen atoms in total. The summed E-state index contributed by atoms with van der Waals surface area (Å²) >= 11 is 12.0. The average molecular weight is 353 g/mol. The van der Waals surface area contributed by atoms with Gasteiger partial charge < -0.3 is 10.6 Å². The van der Waals surface area contributed by atoms with Crippen LogP contribution in [0.5, 0.6) is 0 Å². The number of carbonyl (C=O) groups is 1. The largest absolute Gasteiger partial charge is 0.369 e. The Morgan fingerprint density at radius 1 is 1.09 bits per heavy atom. The van der Waals surface area contributed by atoms with Gasteiger partial charge in [-0.05, 0) is 30.7 Å². The third-order valence-electron chi connectivity index (χ3n) is 3.18. The number of hydrogen-bond donors (Lipinski definition) is 2. The summed E-state index contributed by atoms with van der Waals surface area (Å²) in [6, 6.07) is 8.34. The number of nitrogens with zero attached hydrogens (tertiary/aromatic N) is 2. The van der Waals surface area contributed by atoms with Crippen molar-refractivity contribution < 1.29 is 4.79 Å². The Bertz CT molecular complexity index is 641. The maximum Gasteiger partial charge on any atom is 0.276 e. The summed E-state index contributed by atoms with van der Waals surface area (Å²) < 4.78 is 0. The van der Waals surface area contributed by atoms with Crippen LogP contribution in [0.15, 0.2) is 30.3 Å². The summed E-state index contributed by atoms with van der Waals surface area (Å²) in [5.74, 6) is 0.235. The molecule has 0 aliphatic carbocycles. The molecular weight excluding hydrogens is 335 g/mol. The highest BCUT2D eigenvalue weighted by atomic mass is 35.5. The zero-order valence-electron chi connectivity index (χ0n) is 12.8. The maximum absolute atomic E-state index is 12.2. The highest BCUT2D eigenvalue weighted by Gasteiger charge is 2.13. The first-order valence-electron chi connectivity index (χ1n) is 7.44. The van der Waals surface area contributed by atoms with E-state index in [0.29, 0.717) is 21.6 Å². The van der Waals surface area contributed by atoms with Crippen LogP contribution in [0.25, 0.3) is 0 Å². The molecule has 0 atom stereocenters. The molecule has 0 unspecified atom stereocenters. The number of hydrogen-bond acceptors (Lipinski definition) is 4. The van der Waals surface area contributed by atoms with Gasteiger partial charge in [0, 0.05) is 6.54 Å². The minimum absolute atomic E-state index is 0.195. The van der Waals surface area contributed by atoms with Crippen LogP contribution in [0, 0.1) is 0 Å². The number of para-hydroxylation sites is 1. The van der Waals surface area contributed by atoms with Crippen LogP contribution in [0.1, 0.15) is 36.7 Å². The van der Waals surface area contributed by atoms with E-state index in [2.05, 4.69) is 27.8 Å². The van der Waals surface area contributed by atoms with Gasteiger partial charge in [0.15, 0.2) is 5.69 Å². The number of carbonyl (C=O) groups excluding carboxylic acids is 1. The number of amides is 1. The molecule has 0 radical (unpaired) electrons. The first-order chi connectivity index (χ1) is 11.1. The van der Waals surface area contributed by atoms with Crippen molar-refractivity contribution in [1.82, 2.24) is 10.2 Å². The van der Waals surface area contributed by atoms with Crippen LogP contribution in [-0.4, -0.2) is 22.6 Å². The minimum atomic E-state index is -0.412. The smallest absolute Gasteiger partial charge is 0.276 e. The number of halogens is 2. The lowest BCUT2D eigenvalue weighted by molar-refractivity contribution is 0.102. The Labute approximate surface area is 145 Å². The molecular formula is C16H18Cl2N4O. The lowest BCUT2D eigenvalue weighted by Crippen LogP contribution is -2.15. The van der Waals surface area contributed by atoms with Crippen LogP contribution < -0.4 is 10.6 Å². The van der Waals surface area contributed by atoms with Crippen molar-refractivity contribution in [2.45, 2.75) is 26.2 Å². The number of benzene rings is 1. The molecule has 23 heavy (non-hydrogen) atoms. The predicted molar refractivity (Wildman–Crippen MR) is 94.5 cm³/mol. The normalized spacial score (nSPS) is 10.4. The summed E-state index contributed by atoms with van der Waals surface area (Å²) in [5.41, 5.74) is 0.560. The third-order valence-corrected chi connectivity index (χ3v) is 3.81. The molecule has 1 aromatic carbocycles. The van der Waals surface area contributed by atoms with E-state index in [0.717, 1.165) is 19.4 Å². The quantitative estimate of drug-likeness (QED) is 0.712. The Balaban J connectivity index is 1.97. The summed E-state index contributed by atoms with van der Waals surface area (Å²) in [6.45, 7) is 2.99. The molecule has 7 heteroatoms. The molecule has 122 valence electrons. The van der Waals surface area contributed by atoms with Crippen LogP contribution >= 0.6 is 23.2 Å². The van der Waals surface area contributed by atoms with Gasteiger partial charge in [-0.2, -0.15) is 0 Å². The van der Waals surface area contributed by atoms with Crippen molar-refractivity contribution in [2.24, 2.45) is 0 Å². The zero-order valence-corrected chi connectivity index (χ0v) is 14.3. The van der Waals surface area contributed by atoms with Gasteiger partial charge in [0.1, 0.15) is 5.82 Å². The molecule has 1 heterocycles. The van der Waals surface area contributed by atoms with Gasteiger partial charge >= 0.3 is 0 Å². The molecule has 0 spiro atoms. The average Bonchev–Trinajstić information content (AvgIpc) is 2.55. The van der Waals surface area contributed by atoms with Gasteiger partial charge in [-0.15, -0.1) is 10.2 Å². The summed E-state index contributed by atoms with van der Waals surface area (Å²) in [6.07, 6.45) is 3.40. The molecule has 1 amide bonds. The fraction of sp³-hybridized carbons (Fsp3) is 0.312. The Morgan fingerprint density at radius 3 is 2.43 bits per heavy atom. The van der Waals surface area contributed by atoms with Gasteiger partial charge in [-0.3, -0.25) is 4.79 Å². The monoisotopic (exact) mass is 352 g/mol. The number of anilines is 2. The van der Waals surface area contributed by atoms with Crippen molar-refractivity contribution in [3.8, 4) is 0 Å². The lowest BCUT2D eigenvalue weighted by Gasteiger charge is -2.09. The number of unbranched alkanes of at least 4 members (excludes halogenated alkanes) is 2. The van der Waals surface area contributed by atoms with Crippen LogP contribution in [-0.2, 0) is 0 Å². The van der Waals surface area contributed by atoms with Gasteiger partial charge in [0.2, 0.25) is 0 Å². The topological polar surface area (TPSA) is 66.9 Å². The van der Waals surface area contributed by atoms with Crippen molar-refractivity contribution in [1.29, 1.82) is 0 Å². The van der Waals surface area contributed by atoms with Crippen molar-refractivity contribution >= 4 is 40.6 Å². The molecule has 0 aliphatic rings. The first-order valence-corrected chi connectivity index (χ1v) is 8.20. The number of aromatic nitrogens is 2. The molecule has 2 rings (SSSR count). The Kier molecular flexibility index (Phi) is 6.62. The molecule has 0 saturated carbocycles. The highest BCUT2D eigenvalue weighted by Crippen LogP contribution is 2.30. The number of rotatable bonds is 7. The molecule has 0 aliphatic heterocycles. The minimum Gasteiger partial charge on any atom is -0.369 e. The summed E-state index contributed by atoms with van der Waals surface area (Å²) in [4.78, 5) is 12.2. The Morgan fingerprint density at radius 2 is 1.83 bits per heavy atom. The molecule has 0 fully saturated rings. The van der Waals surface area contributed by atoms with Crippen LogP contribution in [0.2, 0.25) is 10.0 Å². The zero-order chi connectivity index (χ0) is 16.7. The second-order valence-corrected chi connectivity index (χ2v) is 5.80. The van der Waals surface area contributed by atoms with Gasteiger partial charge in [0.25, 0.3) is 5.91 Å². The van der Waals surface area contributed by atoms with Crippen molar-refractivity contribution in [2.75, 3.05) is 17.2 Å². The molecule has 1 aromatic heterocycles. The van der Waals surface area contributed by atoms with E-state index in [1.165, 1.54) is 6.42 Å². The van der Waals surface area contributed by atoms with Gasteiger partial charge in [0.05, 0.1) is 15.7 Å². The predicted octanol–water partition coefficient (Wildman–Crippen LogP) is 4.64. The van der Waals surface area contributed by atoms with Crippen molar-refractivity contribution in [3.63, 3.8) is 0 Å². The summed E-state index contributed by atoms with van der Waals surface area (Å²) in [5, 5.41) is 14.5. The SMILES string of the molecule is CCCCCNc1ccc(C(=O)Nc2c(Cl)cccc2Cl)nn1.